The van der Waals surface area contributed by atoms with Crippen LogP contribution in [0.2, 0.25) is 0 Å². The molecule has 0 saturated carbocycles. The van der Waals surface area contributed by atoms with Crippen LogP contribution in [0.4, 0.5) is 0 Å². The third-order valence-corrected chi connectivity index (χ3v) is 2.64. The van der Waals surface area contributed by atoms with Gasteiger partial charge in [-0.3, -0.25) is 0 Å². The maximum Gasteiger partial charge on any atom is 0.142 e. The molecule has 2 rings (SSSR count). The van der Waals surface area contributed by atoms with E-state index in [1.807, 2.05) is 62.4 Å². The molecule has 0 aromatic heterocycles. The van der Waals surface area contributed by atoms with Crippen molar-refractivity contribution in [1.29, 1.82) is 0 Å². The average molecular weight is 238 g/mol. The monoisotopic (exact) mass is 238 g/mol. The summed E-state index contributed by atoms with van der Waals surface area (Å²) in [6.45, 7) is 4.46. The molecule has 1 radical (unpaired) electrons. The van der Waals surface area contributed by atoms with E-state index in [0.717, 1.165) is 22.4 Å². The zero-order chi connectivity index (χ0) is 12.8. The van der Waals surface area contributed by atoms with E-state index in [9.17, 15) is 0 Å². The normalized spacial score (nSPS) is 11.3. The van der Waals surface area contributed by atoms with Gasteiger partial charge in [0, 0.05) is 0 Å². The first-order chi connectivity index (χ1) is 8.75. The fraction of sp³-hybridized carbons (Fsp3) is 0.188. The first-order valence-corrected chi connectivity index (χ1v) is 5.95. The van der Waals surface area contributed by atoms with Crippen LogP contribution in [0.15, 0.2) is 53.7 Å². The first-order valence-electron chi connectivity index (χ1n) is 5.95. The Kier molecular flexibility index (Phi) is 4.13. The molecule has 0 unspecified atom stereocenters. The minimum absolute atomic E-state index is 0.496. The Labute approximate surface area is 108 Å². The summed E-state index contributed by atoms with van der Waals surface area (Å²) in [6.07, 6.45) is 0. The summed E-state index contributed by atoms with van der Waals surface area (Å²) in [4.78, 5) is 5.35. The Morgan fingerprint density at radius 2 is 2.00 bits per heavy atom. The van der Waals surface area contributed by atoms with E-state index in [4.69, 9.17) is 4.84 Å². The van der Waals surface area contributed by atoms with Gasteiger partial charge in [-0.1, -0.05) is 47.6 Å². The molecule has 0 heterocycles. The summed E-state index contributed by atoms with van der Waals surface area (Å²) >= 11 is 0. The van der Waals surface area contributed by atoms with Gasteiger partial charge in [0.25, 0.3) is 0 Å². The quantitative estimate of drug-likeness (QED) is 0.587. The van der Waals surface area contributed by atoms with Crippen LogP contribution < -0.4 is 0 Å². The molecule has 2 heteroatoms. The Hall–Kier alpha value is -2.09. The molecule has 2 aromatic carbocycles. The highest BCUT2D eigenvalue weighted by molar-refractivity contribution is 5.98. The molecule has 2 aromatic rings. The zero-order valence-electron chi connectivity index (χ0n) is 10.7. The van der Waals surface area contributed by atoms with Gasteiger partial charge in [0.1, 0.15) is 6.61 Å². The van der Waals surface area contributed by atoms with Gasteiger partial charge < -0.3 is 4.84 Å². The average Bonchev–Trinajstić information content (AvgIpc) is 2.40. The van der Waals surface area contributed by atoms with Crippen LogP contribution in [0.1, 0.15) is 23.6 Å². The first kappa shape index (κ1) is 12.4. The molecule has 0 bridgehead atoms. The number of nitrogens with zero attached hydrogens (tertiary/aromatic N) is 1. The third kappa shape index (κ3) is 3.45. The number of aryl methyl sites for hydroxylation is 1. The summed E-state index contributed by atoms with van der Waals surface area (Å²) in [7, 11) is 0. The summed E-state index contributed by atoms with van der Waals surface area (Å²) in [5.74, 6) is 0. The van der Waals surface area contributed by atoms with E-state index in [2.05, 4.69) is 11.2 Å². The second-order valence-corrected chi connectivity index (χ2v) is 4.20. The van der Waals surface area contributed by atoms with Crippen LogP contribution in [0.25, 0.3) is 0 Å². The Morgan fingerprint density at radius 3 is 2.72 bits per heavy atom. The molecule has 0 aliphatic heterocycles. The molecule has 0 N–H and O–H groups in total. The fourth-order valence-corrected chi connectivity index (χ4v) is 1.64. The van der Waals surface area contributed by atoms with E-state index in [-0.39, 0.29) is 0 Å². The van der Waals surface area contributed by atoms with Crippen molar-refractivity contribution in [3.05, 3.63) is 71.3 Å². The third-order valence-electron chi connectivity index (χ3n) is 2.64. The number of hydrogen-bond donors (Lipinski definition) is 0. The van der Waals surface area contributed by atoms with Crippen molar-refractivity contribution in [3.8, 4) is 0 Å². The summed E-state index contributed by atoms with van der Waals surface area (Å²) in [5.41, 5.74) is 4.17. The van der Waals surface area contributed by atoms with Crippen LogP contribution in [0.3, 0.4) is 0 Å². The van der Waals surface area contributed by atoms with E-state index in [0.29, 0.717) is 6.61 Å². The molecule has 0 atom stereocenters. The molecule has 18 heavy (non-hydrogen) atoms. The van der Waals surface area contributed by atoms with Crippen LogP contribution >= 0.6 is 0 Å². The van der Waals surface area contributed by atoms with Gasteiger partial charge in [-0.25, -0.2) is 0 Å². The van der Waals surface area contributed by atoms with Crippen molar-refractivity contribution in [2.24, 2.45) is 5.16 Å². The van der Waals surface area contributed by atoms with Crippen LogP contribution in [0.5, 0.6) is 0 Å². The lowest BCUT2D eigenvalue weighted by atomic mass is 10.1. The van der Waals surface area contributed by atoms with Crippen molar-refractivity contribution in [2.45, 2.75) is 20.5 Å². The maximum atomic E-state index is 5.35. The lowest BCUT2D eigenvalue weighted by Gasteiger charge is -2.03. The number of benzene rings is 2. The number of hydrogen-bond acceptors (Lipinski definition) is 2. The zero-order valence-corrected chi connectivity index (χ0v) is 10.7. The molecule has 0 aliphatic carbocycles. The predicted molar refractivity (Wildman–Crippen MR) is 73.5 cm³/mol. The van der Waals surface area contributed by atoms with Gasteiger partial charge in [0.05, 0.1) is 5.71 Å². The largest absolute Gasteiger partial charge is 0.391 e. The van der Waals surface area contributed by atoms with Gasteiger partial charge in [-0.2, -0.15) is 0 Å². The summed E-state index contributed by atoms with van der Waals surface area (Å²) in [6, 6.07) is 19.1. The maximum absolute atomic E-state index is 5.35. The Balaban J connectivity index is 1.97. The van der Waals surface area contributed by atoms with Gasteiger partial charge in [0.15, 0.2) is 0 Å². The molecule has 0 spiro atoms. The van der Waals surface area contributed by atoms with Gasteiger partial charge in [-0.05, 0) is 42.7 Å². The van der Waals surface area contributed by atoms with E-state index in [1.54, 1.807) is 0 Å². The lowest BCUT2D eigenvalue weighted by molar-refractivity contribution is 0.130. The lowest BCUT2D eigenvalue weighted by Crippen LogP contribution is -1.97. The van der Waals surface area contributed by atoms with Crippen molar-refractivity contribution in [3.63, 3.8) is 0 Å². The minimum Gasteiger partial charge on any atom is -0.391 e. The summed E-state index contributed by atoms with van der Waals surface area (Å²) in [5, 5.41) is 4.13. The standard InChI is InChI=1S/C16H16NO/c1-13-7-6-10-16(11-13)14(2)17-18-12-15-8-4-3-5-9-15/h3-6,8-11H,12H2,1-2H3/b17-14+. The number of oxime groups is 1. The predicted octanol–water partition coefficient (Wildman–Crippen LogP) is 3.74. The highest BCUT2D eigenvalue weighted by Crippen LogP contribution is 2.06. The fourth-order valence-electron chi connectivity index (χ4n) is 1.64. The molecule has 2 nitrogen and oxygen atoms in total. The van der Waals surface area contributed by atoms with E-state index >= 15 is 0 Å². The Bertz CT molecular complexity index is 532. The van der Waals surface area contributed by atoms with Crippen LogP contribution in [-0.2, 0) is 11.4 Å². The second kappa shape index (κ2) is 6.01. The van der Waals surface area contributed by atoms with Crippen molar-refractivity contribution >= 4 is 5.71 Å². The number of rotatable bonds is 4. The van der Waals surface area contributed by atoms with Gasteiger partial charge in [-0.15, -0.1) is 0 Å². The molecule has 0 fully saturated rings. The second-order valence-electron chi connectivity index (χ2n) is 4.20. The van der Waals surface area contributed by atoms with Crippen molar-refractivity contribution in [2.75, 3.05) is 0 Å². The van der Waals surface area contributed by atoms with Crippen LogP contribution in [0, 0.1) is 13.0 Å². The molecular formula is C16H16NO. The SMILES string of the molecule is C/C(=N\OCc1ccccc1)c1cc[c]c(C)c1. The van der Waals surface area contributed by atoms with Crippen LogP contribution in [-0.4, -0.2) is 5.71 Å². The minimum atomic E-state index is 0.496. The molecule has 0 saturated heterocycles. The highest BCUT2D eigenvalue weighted by Gasteiger charge is 1.98. The molecule has 0 aliphatic rings. The molecule has 0 amide bonds. The highest BCUT2D eigenvalue weighted by atomic mass is 16.6. The van der Waals surface area contributed by atoms with Gasteiger partial charge >= 0.3 is 0 Å². The molecular weight excluding hydrogens is 222 g/mol. The smallest absolute Gasteiger partial charge is 0.142 e. The topological polar surface area (TPSA) is 21.6 Å². The molecule has 91 valence electrons. The van der Waals surface area contributed by atoms with Crippen molar-refractivity contribution < 1.29 is 4.84 Å². The van der Waals surface area contributed by atoms with E-state index in [1.165, 1.54) is 0 Å². The van der Waals surface area contributed by atoms with Gasteiger partial charge in [0.2, 0.25) is 0 Å². The Morgan fingerprint density at radius 1 is 1.22 bits per heavy atom. The van der Waals surface area contributed by atoms with E-state index < -0.39 is 0 Å². The van der Waals surface area contributed by atoms with Crippen molar-refractivity contribution in [1.82, 2.24) is 0 Å². The summed E-state index contributed by atoms with van der Waals surface area (Å²) < 4.78 is 0.